The van der Waals surface area contributed by atoms with Crippen molar-refractivity contribution in [3.8, 4) is 5.75 Å². The number of carbonyl (C=O) groups excluding carboxylic acids is 1. The quantitative estimate of drug-likeness (QED) is 0.778. The van der Waals surface area contributed by atoms with Crippen LogP contribution in [0.4, 0.5) is 5.69 Å². The maximum absolute atomic E-state index is 12.4. The van der Waals surface area contributed by atoms with Crippen LogP contribution in [-0.4, -0.2) is 18.1 Å². The van der Waals surface area contributed by atoms with E-state index in [-0.39, 0.29) is 11.7 Å². The number of phenols is 1. The molecule has 4 nitrogen and oxygen atoms in total. The lowest BCUT2D eigenvalue weighted by atomic mass is 10.0. The second kappa shape index (κ2) is 4.42. The van der Waals surface area contributed by atoms with Crippen molar-refractivity contribution in [2.24, 2.45) is 5.73 Å². The van der Waals surface area contributed by atoms with E-state index in [0.29, 0.717) is 11.3 Å². The Morgan fingerprint density at radius 3 is 2.45 bits per heavy atom. The molecule has 2 aromatic rings. The zero-order valence-electron chi connectivity index (χ0n) is 11.0. The van der Waals surface area contributed by atoms with Gasteiger partial charge in [0.05, 0.1) is 17.0 Å². The Hall–Kier alpha value is -2.75. The monoisotopic (exact) mass is 266 g/mol. The predicted octanol–water partition coefficient (Wildman–Crippen LogP) is 2.20. The first-order valence-corrected chi connectivity index (χ1v) is 6.26. The van der Waals surface area contributed by atoms with Gasteiger partial charge in [-0.3, -0.25) is 4.79 Å². The molecule has 3 rings (SSSR count). The minimum Gasteiger partial charge on any atom is -0.508 e. The van der Waals surface area contributed by atoms with Gasteiger partial charge in [-0.1, -0.05) is 18.2 Å². The lowest BCUT2D eigenvalue weighted by Crippen LogP contribution is -2.21. The first-order chi connectivity index (χ1) is 9.59. The van der Waals surface area contributed by atoms with E-state index in [1.54, 1.807) is 36.2 Å². The number of aromatic hydroxyl groups is 1. The molecule has 2 aromatic carbocycles. The number of para-hydroxylation sites is 1. The van der Waals surface area contributed by atoms with Gasteiger partial charge in [0.25, 0.3) is 5.91 Å². The maximum atomic E-state index is 12.4. The third kappa shape index (κ3) is 1.73. The standard InChI is InChI=1S/C16H14N2O2/c1-18-13-5-3-2-4-12(13)14(16(18)20)15(17)10-6-8-11(19)9-7-10/h2-9,19H,17H2,1H3/b15-14-. The number of hydrogen-bond acceptors (Lipinski definition) is 3. The average molecular weight is 266 g/mol. The maximum Gasteiger partial charge on any atom is 0.260 e. The molecular formula is C16H14N2O2. The van der Waals surface area contributed by atoms with Crippen molar-refractivity contribution < 1.29 is 9.90 Å². The third-order valence-electron chi connectivity index (χ3n) is 3.50. The van der Waals surface area contributed by atoms with E-state index in [2.05, 4.69) is 0 Å². The van der Waals surface area contributed by atoms with Crippen LogP contribution < -0.4 is 10.6 Å². The lowest BCUT2D eigenvalue weighted by Gasteiger charge is -2.09. The summed E-state index contributed by atoms with van der Waals surface area (Å²) in [5.41, 5.74) is 9.51. The van der Waals surface area contributed by atoms with Gasteiger partial charge in [0.2, 0.25) is 0 Å². The number of carbonyl (C=O) groups is 1. The lowest BCUT2D eigenvalue weighted by molar-refractivity contribution is -0.112. The number of benzene rings is 2. The minimum atomic E-state index is -0.114. The molecule has 0 radical (unpaired) electrons. The summed E-state index contributed by atoms with van der Waals surface area (Å²) in [6.07, 6.45) is 0. The Morgan fingerprint density at radius 2 is 1.75 bits per heavy atom. The molecule has 100 valence electrons. The summed E-state index contributed by atoms with van der Waals surface area (Å²) in [6.45, 7) is 0. The summed E-state index contributed by atoms with van der Waals surface area (Å²) in [5.74, 6) is 0.0543. The number of hydrogen-bond donors (Lipinski definition) is 2. The third-order valence-corrected chi connectivity index (χ3v) is 3.50. The summed E-state index contributed by atoms with van der Waals surface area (Å²) in [7, 11) is 1.73. The summed E-state index contributed by atoms with van der Waals surface area (Å²) in [4.78, 5) is 14.0. The first kappa shape index (κ1) is 12.3. The summed E-state index contributed by atoms with van der Waals surface area (Å²) in [6, 6.07) is 14.1. The summed E-state index contributed by atoms with van der Waals surface area (Å²) in [5, 5.41) is 9.32. The summed E-state index contributed by atoms with van der Waals surface area (Å²) >= 11 is 0. The molecule has 0 saturated carbocycles. The van der Waals surface area contributed by atoms with Crippen LogP contribution in [0.5, 0.6) is 5.75 Å². The Labute approximate surface area is 116 Å². The van der Waals surface area contributed by atoms with Crippen LogP contribution in [0.2, 0.25) is 0 Å². The van der Waals surface area contributed by atoms with E-state index in [1.807, 2.05) is 24.3 Å². The van der Waals surface area contributed by atoms with Crippen LogP contribution in [0.15, 0.2) is 48.5 Å². The fourth-order valence-corrected chi connectivity index (χ4v) is 2.42. The van der Waals surface area contributed by atoms with Crippen LogP contribution >= 0.6 is 0 Å². The molecule has 1 aliphatic rings. The molecule has 0 aromatic heterocycles. The van der Waals surface area contributed by atoms with Crippen molar-refractivity contribution in [2.75, 3.05) is 11.9 Å². The van der Waals surface area contributed by atoms with Gasteiger partial charge < -0.3 is 15.7 Å². The Bertz CT molecular complexity index is 718. The van der Waals surface area contributed by atoms with E-state index in [9.17, 15) is 9.90 Å². The van der Waals surface area contributed by atoms with E-state index >= 15 is 0 Å². The molecule has 0 unspecified atom stereocenters. The van der Waals surface area contributed by atoms with Gasteiger partial charge in [0, 0.05) is 12.6 Å². The smallest absolute Gasteiger partial charge is 0.260 e. The Morgan fingerprint density at radius 1 is 1.10 bits per heavy atom. The number of fused-ring (bicyclic) bond motifs is 1. The van der Waals surface area contributed by atoms with Gasteiger partial charge in [-0.05, 0) is 35.9 Å². The van der Waals surface area contributed by atoms with Crippen molar-refractivity contribution in [1.82, 2.24) is 0 Å². The molecule has 0 spiro atoms. The highest BCUT2D eigenvalue weighted by Gasteiger charge is 2.31. The van der Waals surface area contributed by atoms with Gasteiger partial charge >= 0.3 is 0 Å². The number of likely N-dealkylation sites (N-methyl/N-ethyl adjacent to an activating group) is 1. The molecule has 4 heteroatoms. The Kier molecular flexibility index (Phi) is 2.71. The van der Waals surface area contributed by atoms with Crippen LogP contribution in [0, 0.1) is 0 Å². The van der Waals surface area contributed by atoms with Crippen LogP contribution in [-0.2, 0) is 4.79 Å². The van der Waals surface area contributed by atoms with Crippen LogP contribution in [0.3, 0.4) is 0 Å². The SMILES string of the molecule is CN1C(=O)/C(=C(\N)c2ccc(O)cc2)c2ccccc21. The van der Waals surface area contributed by atoms with E-state index in [0.717, 1.165) is 16.8 Å². The van der Waals surface area contributed by atoms with Gasteiger partial charge in [-0.2, -0.15) is 0 Å². The minimum absolute atomic E-state index is 0.114. The highest BCUT2D eigenvalue weighted by molar-refractivity contribution is 6.37. The fraction of sp³-hybridized carbons (Fsp3) is 0.0625. The molecule has 3 N–H and O–H groups in total. The zero-order chi connectivity index (χ0) is 14.3. The molecule has 1 aliphatic heterocycles. The number of nitrogens with two attached hydrogens (primary N) is 1. The molecule has 0 fully saturated rings. The van der Waals surface area contributed by atoms with Gasteiger partial charge in [0.15, 0.2) is 0 Å². The van der Waals surface area contributed by atoms with Crippen molar-refractivity contribution in [1.29, 1.82) is 0 Å². The van der Waals surface area contributed by atoms with E-state index in [4.69, 9.17) is 5.73 Å². The molecule has 0 saturated heterocycles. The Balaban J connectivity index is 2.20. The van der Waals surface area contributed by atoms with Gasteiger partial charge in [-0.25, -0.2) is 0 Å². The topological polar surface area (TPSA) is 66.6 Å². The first-order valence-electron chi connectivity index (χ1n) is 6.26. The number of nitrogens with zero attached hydrogens (tertiary/aromatic N) is 1. The molecule has 20 heavy (non-hydrogen) atoms. The molecule has 1 heterocycles. The second-order valence-corrected chi connectivity index (χ2v) is 4.72. The highest BCUT2D eigenvalue weighted by Crippen LogP contribution is 2.38. The van der Waals surface area contributed by atoms with Crippen molar-refractivity contribution in [3.63, 3.8) is 0 Å². The number of rotatable bonds is 1. The fourth-order valence-electron chi connectivity index (χ4n) is 2.42. The molecule has 1 amide bonds. The van der Waals surface area contributed by atoms with Crippen LogP contribution in [0.25, 0.3) is 11.3 Å². The molecule has 0 bridgehead atoms. The average Bonchev–Trinajstić information content (AvgIpc) is 2.72. The van der Waals surface area contributed by atoms with Gasteiger partial charge in [0.1, 0.15) is 5.75 Å². The van der Waals surface area contributed by atoms with Crippen molar-refractivity contribution in [3.05, 3.63) is 59.7 Å². The van der Waals surface area contributed by atoms with Crippen molar-refractivity contribution in [2.45, 2.75) is 0 Å². The number of amides is 1. The number of anilines is 1. The predicted molar refractivity (Wildman–Crippen MR) is 79.0 cm³/mol. The largest absolute Gasteiger partial charge is 0.508 e. The zero-order valence-corrected chi connectivity index (χ0v) is 11.0. The van der Waals surface area contributed by atoms with Gasteiger partial charge in [-0.15, -0.1) is 0 Å². The second-order valence-electron chi connectivity index (χ2n) is 4.72. The number of phenolic OH excluding ortho intramolecular Hbond substituents is 1. The molecule has 0 atom stereocenters. The summed E-state index contributed by atoms with van der Waals surface area (Å²) < 4.78 is 0. The van der Waals surface area contributed by atoms with E-state index in [1.165, 1.54) is 0 Å². The normalized spacial score (nSPS) is 16.2. The van der Waals surface area contributed by atoms with Crippen LogP contribution in [0.1, 0.15) is 11.1 Å². The molecule has 0 aliphatic carbocycles. The van der Waals surface area contributed by atoms with E-state index < -0.39 is 0 Å². The molecular weight excluding hydrogens is 252 g/mol. The van der Waals surface area contributed by atoms with Crippen molar-refractivity contribution >= 4 is 22.9 Å². The highest BCUT2D eigenvalue weighted by atomic mass is 16.3.